The van der Waals surface area contributed by atoms with E-state index in [9.17, 15) is 4.21 Å². The van der Waals surface area contributed by atoms with Gasteiger partial charge in [0.15, 0.2) is 0 Å². The Morgan fingerprint density at radius 3 is 2.36 bits per heavy atom. The maximum Gasteiger partial charge on any atom is 0.0775 e. The quantitative estimate of drug-likeness (QED) is 0.667. The maximum atomic E-state index is 12.6. The molecule has 0 aromatic heterocycles. The summed E-state index contributed by atoms with van der Waals surface area (Å²) in [6.45, 7) is 4.24. The Balaban J connectivity index is 2.16. The molecule has 2 aromatic carbocycles. The van der Waals surface area contributed by atoms with Crippen LogP contribution < -0.4 is 0 Å². The van der Waals surface area contributed by atoms with Crippen molar-refractivity contribution >= 4 is 10.8 Å². The molecule has 1 unspecified atom stereocenters. The summed E-state index contributed by atoms with van der Waals surface area (Å²) in [5.74, 6) is 0. The Morgan fingerprint density at radius 2 is 1.73 bits per heavy atom. The third-order valence-electron chi connectivity index (χ3n) is 3.65. The van der Waals surface area contributed by atoms with E-state index in [1.165, 1.54) is 16.7 Å². The van der Waals surface area contributed by atoms with Gasteiger partial charge in [-0.3, -0.25) is 0 Å². The molecular weight excluding hydrogens is 288 g/mol. The highest BCUT2D eigenvalue weighted by Gasteiger charge is 2.05. The van der Waals surface area contributed by atoms with Crippen LogP contribution >= 0.6 is 0 Å². The molecule has 2 aromatic rings. The number of allylic oxidation sites excluding steroid dienone is 1. The third kappa shape index (κ3) is 5.27. The van der Waals surface area contributed by atoms with Gasteiger partial charge in [0.1, 0.15) is 0 Å². The number of hydrogen-bond donors (Lipinski definition) is 0. The number of benzene rings is 2. The lowest BCUT2D eigenvalue weighted by molar-refractivity contribution is 0.687. The molecule has 2 heteroatoms. The van der Waals surface area contributed by atoms with E-state index < -0.39 is 10.8 Å². The summed E-state index contributed by atoms with van der Waals surface area (Å²) in [7, 11) is -1.06. The van der Waals surface area contributed by atoms with E-state index in [1.807, 2.05) is 42.7 Å². The van der Waals surface area contributed by atoms with Gasteiger partial charge in [0.05, 0.1) is 10.8 Å². The Kier molecular flexibility index (Phi) is 6.60. The SMILES string of the molecule is CCCC/C(=C\S(=O)c1ccc(C)cc1)Cc1ccccc1. The van der Waals surface area contributed by atoms with E-state index >= 15 is 0 Å². The van der Waals surface area contributed by atoms with Crippen LogP contribution in [0.1, 0.15) is 37.3 Å². The predicted octanol–water partition coefficient (Wildman–Crippen LogP) is 5.42. The van der Waals surface area contributed by atoms with Crippen LogP contribution in [0.3, 0.4) is 0 Å². The molecule has 1 nitrogen and oxygen atoms in total. The second-order valence-corrected chi connectivity index (χ2v) is 6.95. The second-order valence-electron chi connectivity index (χ2n) is 5.65. The lowest BCUT2D eigenvalue weighted by Crippen LogP contribution is -1.95. The van der Waals surface area contributed by atoms with Crippen molar-refractivity contribution < 1.29 is 4.21 Å². The fraction of sp³-hybridized carbons (Fsp3) is 0.300. The van der Waals surface area contributed by atoms with E-state index in [2.05, 4.69) is 31.2 Å². The predicted molar refractivity (Wildman–Crippen MR) is 95.3 cm³/mol. The summed E-state index contributed by atoms with van der Waals surface area (Å²) < 4.78 is 12.6. The zero-order valence-corrected chi connectivity index (χ0v) is 14.2. The molecule has 0 aliphatic rings. The maximum absolute atomic E-state index is 12.6. The lowest BCUT2D eigenvalue weighted by atomic mass is 10.0. The van der Waals surface area contributed by atoms with E-state index in [0.29, 0.717) is 0 Å². The van der Waals surface area contributed by atoms with Gasteiger partial charge in [0.25, 0.3) is 0 Å². The molecule has 0 fully saturated rings. The summed E-state index contributed by atoms with van der Waals surface area (Å²) in [6.07, 6.45) is 4.20. The van der Waals surface area contributed by atoms with Gasteiger partial charge in [-0.25, -0.2) is 4.21 Å². The van der Waals surface area contributed by atoms with Crippen molar-refractivity contribution in [3.05, 3.63) is 76.7 Å². The number of hydrogen-bond acceptors (Lipinski definition) is 1. The van der Waals surface area contributed by atoms with Crippen molar-refractivity contribution in [3.63, 3.8) is 0 Å². The Morgan fingerprint density at radius 1 is 1.05 bits per heavy atom. The summed E-state index contributed by atoms with van der Waals surface area (Å²) in [6, 6.07) is 18.4. The minimum atomic E-state index is -1.06. The third-order valence-corrected chi connectivity index (χ3v) is 4.94. The molecule has 22 heavy (non-hydrogen) atoms. The van der Waals surface area contributed by atoms with Crippen LogP contribution in [0, 0.1) is 6.92 Å². The van der Waals surface area contributed by atoms with Crippen molar-refractivity contribution in [2.45, 2.75) is 44.4 Å². The van der Waals surface area contributed by atoms with E-state index in [-0.39, 0.29) is 0 Å². The largest absolute Gasteiger partial charge is 0.250 e. The van der Waals surface area contributed by atoms with Gasteiger partial charge in [0, 0.05) is 10.3 Å². The first-order chi connectivity index (χ1) is 10.7. The smallest absolute Gasteiger partial charge is 0.0775 e. The number of rotatable bonds is 7. The highest BCUT2D eigenvalue weighted by molar-refractivity contribution is 7.88. The average Bonchev–Trinajstić information content (AvgIpc) is 2.54. The van der Waals surface area contributed by atoms with Crippen LogP contribution in [-0.2, 0) is 17.2 Å². The van der Waals surface area contributed by atoms with Crippen LogP contribution in [0.4, 0.5) is 0 Å². The molecular formula is C20H24OS. The molecule has 0 saturated carbocycles. The summed E-state index contributed by atoms with van der Waals surface area (Å²) in [4.78, 5) is 0.882. The van der Waals surface area contributed by atoms with E-state index in [0.717, 1.165) is 30.6 Å². The van der Waals surface area contributed by atoms with Crippen LogP contribution in [0.5, 0.6) is 0 Å². The topological polar surface area (TPSA) is 17.1 Å². The number of aryl methyl sites for hydroxylation is 1. The first-order valence-corrected chi connectivity index (χ1v) is 9.11. The minimum absolute atomic E-state index is 0.882. The molecule has 0 amide bonds. The molecule has 0 aliphatic carbocycles. The fourth-order valence-corrected chi connectivity index (χ4v) is 3.39. The van der Waals surface area contributed by atoms with Gasteiger partial charge in [0.2, 0.25) is 0 Å². The standard InChI is InChI=1S/C20H24OS/c1-3-4-8-19(15-18-9-6-5-7-10-18)16-22(21)20-13-11-17(2)12-14-20/h5-7,9-14,16H,3-4,8,15H2,1-2H3/b19-16+. The van der Waals surface area contributed by atoms with E-state index in [1.54, 1.807) is 0 Å². The van der Waals surface area contributed by atoms with Gasteiger partial charge in [-0.05, 0) is 43.9 Å². The Labute approximate surface area is 136 Å². The van der Waals surface area contributed by atoms with Crippen LogP contribution in [0.25, 0.3) is 0 Å². The fourth-order valence-electron chi connectivity index (χ4n) is 2.34. The zero-order valence-electron chi connectivity index (χ0n) is 13.4. The highest BCUT2D eigenvalue weighted by Crippen LogP contribution is 2.18. The Bertz CT molecular complexity index is 627. The molecule has 0 heterocycles. The average molecular weight is 312 g/mol. The van der Waals surface area contributed by atoms with Crippen molar-refractivity contribution in [2.75, 3.05) is 0 Å². The van der Waals surface area contributed by atoms with Gasteiger partial charge >= 0.3 is 0 Å². The lowest BCUT2D eigenvalue weighted by Gasteiger charge is -2.08. The molecule has 116 valence electrons. The molecule has 0 radical (unpaired) electrons. The van der Waals surface area contributed by atoms with E-state index in [4.69, 9.17) is 0 Å². The van der Waals surface area contributed by atoms with Crippen LogP contribution in [-0.4, -0.2) is 4.21 Å². The first-order valence-electron chi connectivity index (χ1n) is 7.89. The number of unbranched alkanes of at least 4 members (excludes halogenated alkanes) is 1. The summed E-state index contributed by atoms with van der Waals surface area (Å²) >= 11 is 0. The highest BCUT2D eigenvalue weighted by atomic mass is 32.2. The van der Waals surface area contributed by atoms with Crippen molar-refractivity contribution in [1.82, 2.24) is 0 Å². The van der Waals surface area contributed by atoms with Crippen molar-refractivity contribution in [1.29, 1.82) is 0 Å². The van der Waals surface area contributed by atoms with Crippen molar-refractivity contribution in [2.24, 2.45) is 0 Å². The van der Waals surface area contributed by atoms with Gasteiger partial charge in [-0.15, -0.1) is 0 Å². The van der Waals surface area contributed by atoms with Crippen LogP contribution in [0.2, 0.25) is 0 Å². The normalized spacial score (nSPS) is 13.1. The first kappa shape index (κ1) is 16.7. The van der Waals surface area contributed by atoms with Gasteiger partial charge < -0.3 is 0 Å². The monoisotopic (exact) mass is 312 g/mol. The molecule has 0 bridgehead atoms. The molecule has 1 atom stereocenters. The summed E-state index contributed by atoms with van der Waals surface area (Å²) in [5, 5.41) is 1.95. The Hall–Kier alpha value is -1.67. The van der Waals surface area contributed by atoms with Crippen molar-refractivity contribution in [3.8, 4) is 0 Å². The second kappa shape index (κ2) is 8.70. The zero-order chi connectivity index (χ0) is 15.8. The van der Waals surface area contributed by atoms with Gasteiger partial charge in [-0.2, -0.15) is 0 Å². The molecule has 0 spiro atoms. The van der Waals surface area contributed by atoms with Crippen LogP contribution in [0.15, 0.2) is 70.5 Å². The minimum Gasteiger partial charge on any atom is -0.250 e. The molecule has 0 N–H and O–H groups in total. The molecule has 0 saturated heterocycles. The molecule has 2 rings (SSSR count). The molecule has 0 aliphatic heterocycles. The van der Waals surface area contributed by atoms with Gasteiger partial charge in [-0.1, -0.05) is 66.9 Å². The summed E-state index contributed by atoms with van der Waals surface area (Å²) in [5.41, 5.74) is 3.75.